The molecule has 0 unspecified atom stereocenters. The number of hydrogen-bond donors (Lipinski definition) is 1. The zero-order valence-corrected chi connectivity index (χ0v) is 13.7. The molecule has 0 atom stereocenters. The van der Waals surface area contributed by atoms with Crippen LogP contribution in [0.25, 0.3) is 0 Å². The number of carbonyl (C=O) groups is 2. The van der Waals surface area contributed by atoms with Gasteiger partial charge in [0.25, 0.3) is 5.91 Å². The number of hydrazine groups is 1. The summed E-state index contributed by atoms with van der Waals surface area (Å²) in [7, 11) is 0. The Morgan fingerprint density at radius 1 is 1.16 bits per heavy atom. The van der Waals surface area contributed by atoms with Crippen molar-refractivity contribution in [2.75, 3.05) is 25.0 Å². The lowest BCUT2D eigenvalue weighted by molar-refractivity contribution is -0.142. The summed E-state index contributed by atoms with van der Waals surface area (Å²) < 4.78 is 0. The van der Waals surface area contributed by atoms with Crippen molar-refractivity contribution in [2.45, 2.75) is 27.7 Å². The molecule has 0 aliphatic carbocycles. The first-order chi connectivity index (χ1) is 8.76. The van der Waals surface area contributed by atoms with Gasteiger partial charge in [-0.2, -0.15) is 5.84 Å². The lowest BCUT2D eigenvalue weighted by atomic mass is 10.2. The van der Waals surface area contributed by atoms with E-state index in [-0.39, 0.29) is 29.6 Å². The van der Waals surface area contributed by atoms with E-state index in [0.717, 1.165) is 0 Å². The monoisotopic (exact) mass is 335 g/mol. The third-order valence-corrected chi connectivity index (χ3v) is 2.65. The average Bonchev–Trinajstić information content (AvgIpc) is 2.25. The number of alkyl halides is 1. The largest absolute Gasteiger partial charge is 0.272 e. The highest BCUT2D eigenvalue weighted by Gasteiger charge is 2.19. The lowest BCUT2D eigenvalue weighted by Gasteiger charge is -2.27. The smallest absolute Gasteiger partial charge is 0.256 e. The Labute approximate surface area is 123 Å². The summed E-state index contributed by atoms with van der Waals surface area (Å²) >= 11 is 3.04. The number of nitrogens with zero attached hydrogens (tertiary/aromatic N) is 2. The Morgan fingerprint density at radius 3 is 2.11 bits per heavy atom. The van der Waals surface area contributed by atoms with E-state index in [1.165, 1.54) is 10.0 Å². The number of hydrogen-bond acceptors (Lipinski definition) is 3. The minimum Gasteiger partial charge on any atom is -0.272 e. The van der Waals surface area contributed by atoms with E-state index < -0.39 is 0 Å². The van der Waals surface area contributed by atoms with Gasteiger partial charge >= 0.3 is 0 Å². The van der Waals surface area contributed by atoms with Crippen LogP contribution in [0.5, 0.6) is 0 Å². The van der Waals surface area contributed by atoms with Crippen molar-refractivity contribution in [3.05, 3.63) is 0 Å². The van der Waals surface area contributed by atoms with Gasteiger partial charge in [-0.1, -0.05) is 43.6 Å². The van der Waals surface area contributed by atoms with Crippen molar-refractivity contribution in [2.24, 2.45) is 11.8 Å². The van der Waals surface area contributed by atoms with E-state index >= 15 is 0 Å². The predicted octanol–water partition coefficient (Wildman–Crippen LogP) is 1.05. The molecule has 0 aliphatic heterocycles. The molecule has 0 saturated heterocycles. The number of carbonyl (C=O) groups excluding carboxylic acids is 2. The molecular formula is C12H24BrN4O2. The van der Waals surface area contributed by atoms with Crippen molar-refractivity contribution in [3.8, 4) is 0 Å². The lowest BCUT2D eigenvalue weighted by Crippen LogP contribution is -2.51. The maximum atomic E-state index is 12.1. The van der Waals surface area contributed by atoms with Gasteiger partial charge in [0, 0.05) is 13.1 Å². The van der Waals surface area contributed by atoms with Gasteiger partial charge in [-0.25, -0.2) is 5.01 Å². The quantitative estimate of drug-likeness (QED) is 0.558. The van der Waals surface area contributed by atoms with Crippen LogP contribution >= 0.6 is 15.9 Å². The van der Waals surface area contributed by atoms with E-state index in [0.29, 0.717) is 19.0 Å². The van der Waals surface area contributed by atoms with Crippen LogP contribution in [0.3, 0.4) is 0 Å². The van der Waals surface area contributed by atoms with Crippen molar-refractivity contribution >= 4 is 27.7 Å². The number of halogens is 1. The third kappa shape index (κ3) is 8.96. The molecule has 7 heteroatoms. The summed E-state index contributed by atoms with van der Waals surface area (Å²) in [6.07, 6.45) is 0. The molecule has 0 rings (SSSR count). The molecule has 0 fully saturated rings. The van der Waals surface area contributed by atoms with E-state index in [9.17, 15) is 9.59 Å². The molecule has 0 aromatic rings. The molecule has 2 amide bonds. The molecule has 111 valence electrons. The normalized spacial score (nSPS) is 11.2. The molecule has 0 heterocycles. The van der Waals surface area contributed by atoms with Crippen molar-refractivity contribution < 1.29 is 9.59 Å². The molecule has 6 nitrogen and oxygen atoms in total. The van der Waals surface area contributed by atoms with Crippen LogP contribution in [-0.2, 0) is 9.59 Å². The van der Waals surface area contributed by atoms with Crippen molar-refractivity contribution in [1.82, 2.24) is 21.3 Å². The summed E-state index contributed by atoms with van der Waals surface area (Å²) in [5.41, 5.74) is 2.54. The zero-order chi connectivity index (χ0) is 15.0. The van der Waals surface area contributed by atoms with E-state index in [4.69, 9.17) is 5.84 Å². The molecule has 0 spiro atoms. The standard InChI is InChI=1S/C12H24BrN4O2/c1-9(2)6-16(14)8-12(19)17(7-10(3)4)15-11(18)5-13/h9-10,14H,5-8H2,1-4H3,(H,15,18). The molecule has 0 aromatic heterocycles. The van der Waals surface area contributed by atoms with Crippen LogP contribution in [0.4, 0.5) is 0 Å². The maximum absolute atomic E-state index is 12.1. The van der Waals surface area contributed by atoms with Crippen LogP contribution in [0, 0.1) is 11.8 Å². The summed E-state index contributed by atoms with van der Waals surface area (Å²) in [6, 6.07) is 0. The molecule has 2 N–H and O–H groups in total. The molecule has 1 radical (unpaired) electrons. The second-order valence-corrected chi connectivity index (χ2v) is 5.90. The van der Waals surface area contributed by atoms with Crippen molar-refractivity contribution in [1.29, 1.82) is 0 Å². The third-order valence-electron chi connectivity index (χ3n) is 2.14. The molecule has 19 heavy (non-hydrogen) atoms. The Kier molecular flexibility index (Phi) is 8.95. The van der Waals surface area contributed by atoms with Crippen LogP contribution < -0.4 is 11.3 Å². The first-order valence-corrected chi connectivity index (χ1v) is 7.50. The summed E-state index contributed by atoms with van der Waals surface area (Å²) in [6.45, 7) is 8.85. The van der Waals surface area contributed by atoms with Gasteiger partial charge in [-0.05, 0) is 11.8 Å². The summed E-state index contributed by atoms with van der Waals surface area (Å²) in [5, 5.41) is 2.67. The zero-order valence-electron chi connectivity index (χ0n) is 12.1. The highest BCUT2D eigenvalue weighted by Crippen LogP contribution is 2.00. The SMILES string of the molecule is CC(C)CN([NH])CC(=O)N(CC(C)C)NC(=O)CBr. The fourth-order valence-corrected chi connectivity index (χ4v) is 1.63. The van der Waals surface area contributed by atoms with E-state index in [1.54, 1.807) is 0 Å². The van der Waals surface area contributed by atoms with Crippen molar-refractivity contribution in [3.63, 3.8) is 0 Å². The highest BCUT2D eigenvalue weighted by molar-refractivity contribution is 9.09. The van der Waals surface area contributed by atoms with Gasteiger partial charge in [0.05, 0.1) is 11.9 Å². The summed E-state index contributed by atoms with van der Waals surface area (Å²) in [4.78, 5) is 23.4. The van der Waals surface area contributed by atoms with Crippen LogP contribution in [0.2, 0.25) is 0 Å². The predicted molar refractivity (Wildman–Crippen MR) is 78.0 cm³/mol. The minimum atomic E-state index is -0.269. The number of rotatable bonds is 7. The second kappa shape index (κ2) is 9.28. The van der Waals surface area contributed by atoms with Crippen LogP contribution in [0.1, 0.15) is 27.7 Å². The van der Waals surface area contributed by atoms with Gasteiger partial charge < -0.3 is 0 Å². The van der Waals surface area contributed by atoms with E-state index in [2.05, 4.69) is 21.4 Å². The first kappa shape index (κ1) is 18.3. The Balaban J connectivity index is 4.48. The van der Waals surface area contributed by atoms with Crippen LogP contribution in [0.15, 0.2) is 0 Å². The fourth-order valence-electron chi connectivity index (χ4n) is 1.51. The highest BCUT2D eigenvalue weighted by atomic mass is 79.9. The number of nitrogens with one attached hydrogen (secondary N) is 2. The first-order valence-electron chi connectivity index (χ1n) is 6.38. The number of amides is 2. The Morgan fingerprint density at radius 2 is 1.68 bits per heavy atom. The van der Waals surface area contributed by atoms with Gasteiger partial charge in [-0.3, -0.25) is 20.0 Å². The fraction of sp³-hybridized carbons (Fsp3) is 0.833. The average molecular weight is 336 g/mol. The van der Waals surface area contributed by atoms with Gasteiger partial charge in [0.1, 0.15) is 0 Å². The van der Waals surface area contributed by atoms with Crippen LogP contribution in [-0.4, -0.2) is 46.8 Å². The topological polar surface area (TPSA) is 76.5 Å². The van der Waals surface area contributed by atoms with E-state index in [1.807, 2.05) is 27.7 Å². The Hall–Kier alpha value is -0.660. The molecule has 0 saturated carbocycles. The molecular weight excluding hydrogens is 312 g/mol. The molecule has 0 bridgehead atoms. The second-order valence-electron chi connectivity index (χ2n) is 5.34. The molecule has 0 aliphatic rings. The maximum Gasteiger partial charge on any atom is 0.256 e. The van der Waals surface area contributed by atoms with Gasteiger partial charge in [0.15, 0.2) is 0 Å². The minimum absolute atomic E-state index is 0.0204. The molecule has 0 aromatic carbocycles. The van der Waals surface area contributed by atoms with Gasteiger partial charge in [0.2, 0.25) is 5.91 Å². The Bertz CT molecular complexity index is 297. The van der Waals surface area contributed by atoms with Gasteiger partial charge in [-0.15, -0.1) is 0 Å². The summed E-state index contributed by atoms with van der Waals surface area (Å²) in [5.74, 6) is 7.73.